The molecule has 0 radical (unpaired) electrons. The van der Waals surface area contributed by atoms with Gasteiger partial charge in [-0.3, -0.25) is 4.79 Å². The fourth-order valence-corrected chi connectivity index (χ4v) is 1.63. The first kappa shape index (κ1) is 12.3. The lowest BCUT2D eigenvalue weighted by Gasteiger charge is -2.06. The number of carbonyl (C=O) groups excluding carboxylic acids is 1. The highest BCUT2D eigenvalue weighted by atomic mass is 19.1. The largest absolute Gasteiger partial charge is 0.322 e. The van der Waals surface area contributed by atoms with Crippen molar-refractivity contribution in [2.45, 2.75) is 13.3 Å². The van der Waals surface area contributed by atoms with E-state index in [1.54, 1.807) is 0 Å². The number of halogens is 1. The maximum Gasteiger partial charge on any atom is 0.255 e. The first-order chi connectivity index (χ1) is 8.69. The maximum atomic E-state index is 12.7. The Morgan fingerprint density at radius 2 is 1.67 bits per heavy atom. The van der Waals surface area contributed by atoms with E-state index in [2.05, 4.69) is 12.2 Å². The van der Waals surface area contributed by atoms with Crippen LogP contribution >= 0.6 is 0 Å². The summed E-state index contributed by atoms with van der Waals surface area (Å²) in [6.07, 6.45) is 0.964. The van der Waals surface area contributed by atoms with Crippen LogP contribution in [-0.4, -0.2) is 5.91 Å². The van der Waals surface area contributed by atoms with E-state index in [9.17, 15) is 9.18 Å². The molecule has 1 amide bonds. The molecule has 18 heavy (non-hydrogen) atoms. The van der Waals surface area contributed by atoms with Gasteiger partial charge in [-0.05, 0) is 48.4 Å². The summed E-state index contributed by atoms with van der Waals surface area (Å²) in [7, 11) is 0. The molecule has 0 saturated carbocycles. The van der Waals surface area contributed by atoms with Gasteiger partial charge in [0.25, 0.3) is 5.91 Å². The normalized spacial score (nSPS) is 10.1. The van der Waals surface area contributed by atoms with Gasteiger partial charge in [-0.2, -0.15) is 0 Å². The lowest BCUT2D eigenvalue weighted by atomic mass is 10.1. The van der Waals surface area contributed by atoms with Crippen molar-refractivity contribution in [3.05, 3.63) is 65.5 Å². The summed E-state index contributed by atoms with van der Waals surface area (Å²) < 4.78 is 12.7. The number of rotatable bonds is 3. The van der Waals surface area contributed by atoms with Crippen LogP contribution in [0.3, 0.4) is 0 Å². The van der Waals surface area contributed by atoms with Crippen LogP contribution in [0.2, 0.25) is 0 Å². The fourth-order valence-electron chi connectivity index (χ4n) is 1.63. The van der Waals surface area contributed by atoms with Gasteiger partial charge < -0.3 is 5.32 Å². The fraction of sp³-hybridized carbons (Fsp3) is 0.133. The average Bonchev–Trinajstić information content (AvgIpc) is 2.40. The van der Waals surface area contributed by atoms with Crippen LogP contribution in [0.1, 0.15) is 22.8 Å². The molecule has 0 unspecified atom stereocenters. The molecule has 0 spiro atoms. The monoisotopic (exact) mass is 243 g/mol. The van der Waals surface area contributed by atoms with Crippen molar-refractivity contribution in [1.29, 1.82) is 0 Å². The molecule has 0 aliphatic heterocycles. The van der Waals surface area contributed by atoms with Crippen molar-refractivity contribution in [2.75, 3.05) is 5.32 Å². The highest BCUT2D eigenvalue weighted by Gasteiger charge is 2.05. The molecule has 0 fully saturated rings. The van der Waals surface area contributed by atoms with E-state index in [1.807, 2.05) is 24.3 Å². The summed E-state index contributed by atoms with van der Waals surface area (Å²) in [4.78, 5) is 11.8. The third kappa shape index (κ3) is 2.94. The number of amides is 1. The van der Waals surface area contributed by atoms with E-state index >= 15 is 0 Å². The Balaban J connectivity index is 2.08. The molecule has 0 bridgehead atoms. The summed E-state index contributed by atoms with van der Waals surface area (Å²) in [6.45, 7) is 2.08. The summed E-state index contributed by atoms with van der Waals surface area (Å²) in [6, 6.07) is 13.1. The van der Waals surface area contributed by atoms with Crippen LogP contribution in [0, 0.1) is 5.82 Å². The molecule has 0 atom stereocenters. The zero-order valence-electron chi connectivity index (χ0n) is 10.1. The second kappa shape index (κ2) is 5.45. The van der Waals surface area contributed by atoms with E-state index in [4.69, 9.17) is 0 Å². The predicted molar refractivity (Wildman–Crippen MR) is 70.2 cm³/mol. The third-order valence-electron chi connectivity index (χ3n) is 2.73. The molecular weight excluding hydrogens is 229 g/mol. The summed E-state index contributed by atoms with van der Waals surface area (Å²) in [5.41, 5.74) is 2.40. The minimum Gasteiger partial charge on any atom is -0.322 e. The predicted octanol–water partition coefficient (Wildman–Crippen LogP) is 3.64. The molecule has 0 aliphatic carbocycles. The zero-order valence-corrected chi connectivity index (χ0v) is 10.1. The lowest BCUT2D eigenvalue weighted by Crippen LogP contribution is -2.11. The van der Waals surface area contributed by atoms with E-state index < -0.39 is 0 Å². The number of aryl methyl sites for hydroxylation is 1. The quantitative estimate of drug-likeness (QED) is 0.876. The van der Waals surface area contributed by atoms with Crippen molar-refractivity contribution < 1.29 is 9.18 Å². The second-order valence-electron chi connectivity index (χ2n) is 4.01. The van der Waals surface area contributed by atoms with Gasteiger partial charge in [-0.1, -0.05) is 19.1 Å². The molecule has 0 aromatic heterocycles. The van der Waals surface area contributed by atoms with Crippen molar-refractivity contribution in [2.24, 2.45) is 0 Å². The van der Waals surface area contributed by atoms with Crippen molar-refractivity contribution >= 4 is 11.6 Å². The van der Waals surface area contributed by atoms with Gasteiger partial charge in [0.1, 0.15) is 5.82 Å². The Bertz CT molecular complexity index is 531. The van der Waals surface area contributed by atoms with Gasteiger partial charge in [0.05, 0.1) is 0 Å². The molecule has 0 aliphatic rings. The van der Waals surface area contributed by atoms with Crippen LogP contribution < -0.4 is 5.32 Å². The molecule has 3 heteroatoms. The summed E-state index contributed by atoms with van der Waals surface area (Å²) in [5, 5.41) is 2.77. The Kier molecular flexibility index (Phi) is 3.72. The highest BCUT2D eigenvalue weighted by Crippen LogP contribution is 2.12. The number of nitrogens with one attached hydrogen (secondary N) is 1. The van der Waals surface area contributed by atoms with Crippen LogP contribution in [0.25, 0.3) is 0 Å². The van der Waals surface area contributed by atoms with Crippen LogP contribution in [0.4, 0.5) is 10.1 Å². The Morgan fingerprint density at radius 1 is 1.06 bits per heavy atom. The zero-order chi connectivity index (χ0) is 13.0. The van der Waals surface area contributed by atoms with Gasteiger partial charge in [0, 0.05) is 11.3 Å². The molecule has 0 saturated heterocycles. The van der Waals surface area contributed by atoms with Crippen LogP contribution in [0.5, 0.6) is 0 Å². The maximum absolute atomic E-state index is 12.7. The minimum absolute atomic E-state index is 0.237. The van der Waals surface area contributed by atoms with Crippen molar-refractivity contribution in [3.63, 3.8) is 0 Å². The van der Waals surface area contributed by atoms with E-state index in [0.717, 1.165) is 12.1 Å². The van der Waals surface area contributed by atoms with Gasteiger partial charge in [-0.15, -0.1) is 0 Å². The number of anilines is 1. The summed E-state index contributed by atoms with van der Waals surface area (Å²) >= 11 is 0. The molecule has 2 aromatic rings. The first-order valence-corrected chi connectivity index (χ1v) is 5.85. The summed E-state index contributed by atoms with van der Waals surface area (Å²) in [5.74, 6) is -0.585. The van der Waals surface area contributed by atoms with E-state index in [-0.39, 0.29) is 11.7 Å². The minimum atomic E-state index is -0.348. The number of hydrogen-bond acceptors (Lipinski definition) is 1. The van der Waals surface area contributed by atoms with E-state index in [0.29, 0.717) is 5.56 Å². The molecule has 2 rings (SSSR count). The molecular formula is C15H14FNO. The van der Waals surface area contributed by atoms with Gasteiger partial charge in [-0.25, -0.2) is 4.39 Å². The molecule has 92 valence electrons. The number of benzene rings is 2. The molecule has 2 aromatic carbocycles. The Morgan fingerprint density at radius 3 is 2.22 bits per heavy atom. The molecule has 1 N–H and O–H groups in total. The number of carbonyl (C=O) groups is 1. The SMILES string of the molecule is CCc1ccc(NC(=O)c2ccc(F)cc2)cc1. The van der Waals surface area contributed by atoms with Crippen molar-refractivity contribution in [3.8, 4) is 0 Å². The van der Waals surface area contributed by atoms with Gasteiger partial charge >= 0.3 is 0 Å². The van der Waals surface area contributed by atoms with E-state index in [1.165, 1.54) is 29.8 Å². The third-order valence-corrected chi connectivity index (χ3v) is 2.73. The van der Waals surface area contributed by atoms with Crippen LogP contribution in [-0.2, 0) is 6.42 Å². The average molecular weight is 243 g/mol. The molecule has 2 nitrogen and oxygen atoms in total. The van der Waals surface area contributed by atoms with Gasteiger partial charge in [0.15, 0.2) is 0 Å². The lowest BCUT2D eigenvalue weighted by molar-refractivity contribution is 0.102. The topological polar surface area (TPSA) is 29.1 Å². The van der Waals surface area contributed by atoms with Crippen molar-refractivity contribution in [1.82, 2.24) is 0 Å². The second-order valence-corrected chi connectivity index (χ2v) is 4.01. The standard InChI is InChI=1S/C15H14FNO/c1-2-11-3-9-14(10-4-11)17-15(18)12-5-7-13(16)8-6-12/h3-10H,2H2,1H3,(H,17,18). The smallest absolute Gasteiger partial charge is 0.255 e. The Labute approximate surface area is 105 Å². The Hall–Kier alpha value is -2.16. The number of hydrogen-bond donors (Lipinski definition) is 1. The first-order valence-electron chi connectivity index (χ1n) is 5.85. The van der Waals surface area contributed by atoms with Crippen LogP contribution in [0.15, 0.2) is 48.5 Å². The highest BCUT2D eigenvalue weighted by molar-refractivity contribution is 6.04. The molecule has 0 heterocycles. The van der Waals surface area contributed by atoms with Gasteiger partial charge in [0.2, 0.25) is 0 Å².